The maximum absolute atomic E-state index is 13.9. The van der Waals surface area contributed by atoms with E-state index in [0.717, 1.165) is 30.9 Å². The van der Waals surface area contributed by atoms with Crippen LogP contribution >= 0.6 is 24.0 Å². The predicted octanol–water partition coefficient (Wildman–Crippen LogP) is 3.98. The van der Waals surface area contributed by atoms with Crippen molar-refractivity contribution in [1.82, 2.24) is 10.6 Å². The van der Waals surface area contributed by atoms with Gasteiger partial charge >= 0.3 is 0 Å². The van der Waals surface area contributed by atoms with Gasteiger partial charge in [-0.1, -0.05) is 24.3 Å². The second-order valence-electron chi connectivity index (χ2n) is 7.60. The second kappa shape index (κ2) is 11.0. The Hall–Kier alpha value is -2.07. The van der Waals surface area contributed by atoms with Gasteiger partial charge in [-0.05, 0) is 43.5 Å². The summed E-state index contributed by atoms with van der Waals surface area (Å²) in [4.78, 5) is 4.59. The van der Waals surface area contributed by atoms with Gasteiger partial charge in [-0.3, -0.25) is 0 Å². The third-order valence-electron chi connectivity index (χ3n) is 5.74. The molecule has 1 saturated heterocycles. The largest absolute Gasteiger partial charge is 0.454 e. The van der Waals surface area contributed by atoms with Gasteiger partial charge in [-0.25, -0.2) is 9.38 Å². The Kier molecular flexibility index (Phi) is 8.36. The van der Waals surface area contributed by atoms with Crippen LogP contribution in [0.1, 0.15) is 30.9 Å². The number of hydrogen-bond donors (Lipinski definition) is 2. The van der Waals surface area contributed by atoms with E-state index in [-0.39, 0.29) is 48.5 Å². The third-order valence-corrected chi connectivity index (χ3v) is 5.74. The maximum atomic E-state index is 13.9. The fourth-order valence-corrected chi connectivity index (χ4v) is 3.94. The Morgan fingerprint density at radius 2 is 1.84 bits per heavy atom. The van der Waals surface area contributed by atoms with Crippen LogP contribution in [0.5, 0.6) is 11.5 Å². The zero-order valence-electron chi connectivity index (χ0n) is 17.7. The number of aliphatic imine (C=N–C) groups is 1. The highest BCUT2D eigenvalue weighted by Gasteiger charge is 2.35. The normalized spacial score (nSPS) is 17.0. The molecule has 0 atom stereocenters. The van der Waals surface area contributed by atoms with Crippen molar-refractivity contribution in [2.75, 3.05) is 33.1 Å². The number of benzene rings is 2. The van der Waals surface area contributed by atoms with Crippen LogP contribution in [0.4, 0.5) is 4.39 Å². The van der Waals surface area contributed by atoms with E-state index in [9.17, 15) is 4.39 Å². The summed E-state index contributed by atoms with van der Waals surface area (Å²) in [5, 5.41) is 6.74. The Bertz CT molecular complexity index is 903. The molecule has 4 rings (SSSR count). The second-order valence-corrected chi connectivity index (χ2v) is 7.60. The topological polar surface area (TPSA) is 64.1 Å². The lowest BCUT2D eigenvalue weighted by atomic mass is 9.74. The molecular formula is C23H29FIN3O3. The summed E-state index contributed by atoms with van der Waals surface area (Å²) in [6, 6.07) is 12.9. The number of hydrogen-bond acceptors (Lipinski definition) is 4. The smallest absolute Gasteiger partial charge is 0.231 e. The van der Waals surface area contributed by atoms with Gasteiger partial charge in [0.25, 0.3) is 0 Å². The summed E-state index contributed by atoms with van der Waals surface area (Å²) >= 11 is 0. The molecule has 31 heavy (non-hydrogen) atoms. The fraction of sp³-hybridized carbons (Fsp3) is 0.435. The molecule has 2 aromatic carbocycles. The van der Waals surface area contributed by atoms with Gasteiger partial charge < -0.3 is 24.8 Å². The number of halogens is 2. The molecule has 2 aromatic rings. The Labute approximate surface area is 199 Å². The number of guanidine groups is 1. The van der Waals surface area contributed by atoms with E-state index in [2.05, 4.69) is 27.8 Å². The number of rotatable bonds is 6. The highest BCUT2D eigenvalue weighted by Crippen LogP contribution is 2.40. The molecule has 0 amide bonds. The molecule has 2 heterocycles. The van der Waals surface area contributed by atoms with Gasteiger partial charge in [-0.2, -0.15) is 0 Å². The summed E-state index contributed by atoms with van der Waals surface area (Å²) < 4.78 is 30.6. The monoisotopic (exact) mass is 541 g/mol. The molecule has 2 aliphatic heterocycles. The minimum Gasteiger partial charge on any atom is -0.454 e. The minimum absolute atomic E-state index is 0. The molecule has 6 nitrogen and oxygen atoms in total. The Balaban J connectivity index is 0.00000272. The van der Waals surface area contributed by atoms with Crippen LogP contribution in [0.3, 0.4) is 0 Å². The van der Waals surface area contributed by atoms with Gasteiger partial charge in [0.2, 0.25) is 6.79 Å². The Morgan fingerprint density at radius 1 is 1.06 bits per heavy atom. The summed E-state index contributed by atoms with van der Waals surface area (Å²) in [7, 11) is 0. The summed E-state index contributed by atoms with van der Waals surface area (Å²) in [6.45, 7) is 5.39. The third kappa shape index (κ3) is 5.60. The van der Waals surface area contributed by atoms with Crippen LogP contribution in [0.25, 0.3) is 0 Å². The fourth-order valence-electron chi connectivity index (χ4n) is 3.94. The van der Waals surface area contributed by atoms with Crippen molar-refractivity contribution >= 4 is 29.9 Å². The van der Waals surface area contributed by atoms with Crippen LogP contribution in [0.2, 0.25) is 0 Å². The van der Waals surface area contributed by atoms with Gasteiger partial charge in [0.05, 0.1) is 6.54 Å². The molecule has 0 radical (unpaired) electrons. The first-order valence-electron chi connectivity index (χ1n) is 10.4. The molecule has 0 bridgehead atoms. The van der Waals surface area contributed by atoms with Crippen molar-refractivity contribution in [1.29, 1.82) is 0 Å². The van der Waals surface area contributed by atoms with Gasteiger partial charge in [-0.15, -0.1) is 24.0 Å². The van der Waals surface area contributed by atoms with E-state index in [1.54, 1.807) is 12.1 Å². The van der Waals surface area contributed by atoms with Gasteiger partial charge in [0.15, 0.2) is 17.5 Å². The lowest BCUT2D eigenvalue weighted by Crippen LogP contribution is -2.48. The number of nitrogens with one attached hydrogen (secondary N) is 2. The number of fused-ring (bicyclic) bond motifs is 1. The van der Waals surface area contributed by atoms with Crippen molar-refractivity contribution in [2.45, 2.75) is 31.7 Å². The van der Waals surface area contributed by atoms with Crippen LogP contribution in [0.15, 0.2) is 47.5 Å². The molecule has 0 unspecified atom stereocenters. The first-order valence-corrected chi connectivity index (χ1v) is 10.4. The van der Waals surface area contributed by atoms with Crippen LogP contribution in [-0.2, 0) is 16.7 Å². The zero-order valence-corrected chi connectivity index (χ0v) is 20.0. The molecule has 2 N–H and O–H groups in total. The molecule has 8 heteroatoms. The van der Waals surface area contributed by atoms with Crippen molar-refractivity contribution < 1.29 is 18.6 Å². The standard InChI is InChI=1S/C23H28FN3O3.HI/c1-2-25-22(26-14-17-5-3-4-6-19(17)24)27-15-23(9-11-28-12-10-23)18-7-8-20-21(13-18)30-16-29-20;/h3-8,13H,2,9-12,14-16H2,1H3,(H2,25,26,27);1H. The summed E-state index contributed by atoms with van der Waals surface area (Å²) in [6.07, 6.45) is 1.79. The van der Waals surface area contributed by atoms with Crippen molar-refractivity contribution in [3.8, 4) is 11.5 Å². The van der Waals surface area contributed by atoms with Crippen molar-refractivity contribution in [3.63, 3.8) is 0 Å². The number of nitrogens with zero attached hydrogens (tertiary/aromatic N) is 1. The van der Waals surface area contributed by atoms with E-state index in [0.29, 0.717) is 31.3 Å². The van der Waals surface area contributed by atoms with E-state index in [1.807, 2.05) is 19.1 Å². The first-order chi connectivity index (χ1) is 14.7. The number of ether oxygens (including phenoxy) is 3. The highest BCUT2D eigenvalue weighted by molar-refractivity contribution is 14.0. The minimum atomic E-state index is -0.238. The van der Waals surface area contributed by atoms with Gasteiger partial charge in [0.1, 0.15) is 5.82 Å². The zero-order chi connectivity index (χ0) is 20.8. The van der Waals surface area contributed by atoms with Crippen LogP contribution < -0.4 is 20.1 Å². The predicted molar refractivity (Wildman–Crippen MR) is 129 cm³/mol. The van der Waals surface area contributed by atoms with E-state index >= 15 is 0 Å². The molecular weight excluding hydrogens is 512 g/mol. The lowest BCUT2D eigenvalue weighted by molar-refractivity contribution is 0.0513. The van der Waals surface area contributed by atoms with E-state index in [4.69, 9.17) is 14.2 Å². The molecule has 0 spiro atoms. The average Bonchev–Trinajstić information content (AvgIpc) is 3.25. The van der Waals surface area contributed by atoms with Crippen molar-refractivity contribution in [3.05, 3.63) is 59.4 Å². The first kappa shape index (κ1) is 23.6. The van der Waals surface area contributed by atoms with Crippen LogP contribution in [-0.4, -0.2) is 39.1 Å². The molecule has 0 saturated carbocycles. The SMILES string of the molecule is CCNC(=NCc1ccccc1F)NCC1(c2ccc3c(c2)OCO3)CCOCC1.I. The van der Waals surface area contributed by atoms with E-state index in [1.165, 1.54) is 11.6 Å². The average molecular weight is 541 g/mol. The Morgan fingerprint density at radius 3 is 2.61 bits per heavy atom. The molecule has 0 aliphatic carbocycles. The quantitative estimate of drug-likeness (QED) is 0.329. The molecule has 1 fully saturated rings. The molecule has 2 aliphatic rings. The summed E-state index contributed by atoms with van der Waals surface area (Å²) in [5.74, 6) is 2.01. The van der Waals surface area contributed by atoms with Gasteiger partial charge in [0, 0.05) is 37.3 Å². The lowest BCUT2D eigenvalue weighted by Gasteiger charge is -2.38. The van der Waals surface area contributed by atoms with Crippen LogP contribution in [0, 0.1) is 5.82 Å². The summed E-state index contributed by atoms with van der Waals surface area (Å²) in [5.41, 5.74) is 1.67. The molecule has 168 valence electrons. The van der Waals surface area contributed by atoms with E-state index < -0.39 is 0 Å². The van der Waals surface area contributed by atoms with Crippen molar-refractivity contribution in [2.24, 2.45) is 4.99 Å². The molecule has 0 aromatic heterocycles. The highest BCUT2D eigenvalue weighted by atomic mass is 127. The maximum Gasteiger partial charge on any atom is 0.231 e.